The molecule has 21 heavy (non-hydrogen) atoms. The number of rotatable bonds is 4. The van der Waals surface area contributed by atoms with Gasteiger partial charge in [0.15, 0.2) is 0 Å². The van der Waals surface area contributed by atoms with Crippen molar-refractivity contribution >= 4 is 12.0 Å². The molecule has 1 saturated heterocycles. The smallest absolute Gasteiger partial charge is 0.320 e. The van der Waals surface area contributed by atoms with Crippen molar-refractivity contribution in [1.29, 1.82) is 0 Å². The quantitative estimate of drug-likeness (QED) is 0.825. The molecule has 2 rings (SSSR count). The predicted octanol–water partition coefficient (Wildman–Crippen LogP) is 1.51. The van der Waals surface area contributed by atoms with Gasteiger partial charge in [0.05, 0.1) is 0 Å². The summed E-state index contributed by atoms with van der Waals surface area (Å²) in [5.41, 5.74) is 0. The first-order chi connectivity index (χ1) is 10.1. The molecule has 0 aromatic rings. The number of nitrogens with zero attached hydrogens (tertiary/aromatic N) is 2. The van der Waals surface area contributed by atoms with Crippen LogP contribution in [0.1, 0.15) is 45.4 Å². The molecule has 0 radical (unpaired) electrons. The van der Waals surface area contributed by atoms with E-state index in [1.165, 1.54) is 19.3 Å². The summed E-state index contributed by atoms with van der Waals surface area (Å²) in [7, 11) is 0. The summed E-state index contributed by atoms with van der Waals surface area (Å²) in [6, 6.07) is -0.0785. The normalized spacial score (nSPS) is 22.8. The molecule has 2 amide bonds. The number of urea groups is 1. The van der Waals surface area contributed by atoms with Crippen LogP contribution in [0.3, 0.4) is 0 Å². The standard InChI is InChI=1S/C15H27N3O3/c1-2-13(14(19)20)17-8-10-18(11-9-17)15(21)16-12-6-4-3-5-7-12/h12-13H,2-11H2,1H3,(H,16,21)(H,19,20). The largest absolute Gasteiger partial charge is 0.480 e. The van der Waals surface area contributed by atoms with Crippen LogP contribution in [0, 0.1) is 0 Å². The molecule has 2 fully saturated rings. The fourth-order valence-electron chi connectivity index (χ4n) is 3.34. The van der Waals surface area contributed by atoms with Gasteiger partial charge in [-0.15, -0.1) is 0 Å². The molecule has 2 N–H and O–H groups in total. The van der Waals surface area contributed by atoms with E-state index in [0.29, 0.717) is 38.6 Å². The highest BCUT2D eigenvalue weighted by Gasteiger charge is 2.29. The Kier molecular flexibility index (Phi) is 5.85. The molecule has 6 heteroatoms. The molecule has 0 aromatic carbocycles. The summed E-state index contributed by atoms with van der Waals surface area (Å²) in [5, 5.41) is 12.3. The Bertz CT molecular complexity index is 361. The summed E-state index contributed by atoms with van der Waals surface area (Å²) < 4.78 is 0. The fraction of sp³-hybridized carbons (Fsp3) is 0.867. The van der Waals surface area contributed by atoms with Gasteiger partial charge in [0.1, 0.15) is 6.04 Å². The maximum atomic E-state index is 12.2. The molecule has 1 saturated carbocycles. The van der Waals surface area contributed by atoms with Crippen LogP contribution in [0.5, 0.6) is 0 Å². The zero-order valence-corrected chi connectivity index (χ0v) is 12.9. The molecule has 2 aliphatic rings. The Morgan fingerprint density at radius 3 is 2.29 bits per heavy atom. The van der Waals surface area contributed by atoms with Gasteiger partial charge in [-0.05, 0) is 19.3 Å². The zero-order chi connectivity index (χ0) is 15.2. The van der Waals surface area contributed by atoms with Crippen LogP contribution >= 0.6 is 0 Å². The third-order valence-electron chi connectivity index (χ3n) is 4.65. The fourth-order valence-corrected chi connectivity index (χ4v) is 3.34. The Balaban J connectivity index is 1.77. The molecule has 1 atom stereocenters. The molecule has 6 nitrogen and oxygen atoms in total. The van der Waals surface area contributed by atoms with E-state index in [-0.39, 0.29) is 6.03 Å². The van der Waals surface area contributed by atoms with Gasteiger partial charge in [-0.3, -0.25) is 9.69 Å². The van der Waals surface area contributed by atoms with Crippen molar-refractivity contribution in [1.82, 2.24) is 15.1 Å². The lowest BCUT2D eigenvalue weighted by molar-refractivity contribution is -0.144. The molecule has 1 unspecified atom stereocenters. The van der Waals surface area contributed by atoms with E-state index in [0.717, 1.165) is 12.8 Å². The first kappa shape index (κ1) is 16.1. The Hall–Kier alpha value is -1.30. The lowest BCUT2D eigenvalue weighted by Crippen LogP contribution is -2.56. The highest BCUT2D eigenvalue weighted by Crippen LogP contribution is 2.18. The average Bonchev–Trinajstić information content (AvgIpc) is 2.49. The molecule has 1 aliphatic carbocycles. The third kappa shape index (κ3) is 4.33. The highest BCUT2D eigenvalue weighted by atomic mass is 16.4. The number of piperazine rings is 1. The zero-order valence-electron chi connectivity index (χ0n) is 12.9. The third-order valence-corrected chi connectivity index (χ3v) is 4.65. The number of carbonyl (C=O) groups excluding carboxylic acids is 1. The monoisotopic (exact) mass is 297 g/mol. The second-order valence-corrected chi connectivity index (χ2v) is 6.07. The van der Waals surface area contributed by atoms with Gasteiger partial charge in [0.25, 0.3) is 0 Å². The van der Waals surface area contributed by atoms with Gasteiger partial charge in [-0.1, -0.05) is 26.2 Å². The molecule has 120 valence electrons. The molecule has 0 aromatic heterocycles. The maximum absolute atomic E-state index is 12.2. The maximum Gasteiger partial charge on any atom is 0.320 e. The number of hydrogen-bond donors (Lipinski definition) is 2. The van der Waals surface area contributed by atoms with Gasteiger partial charge < -0.3 is 15.3 Å². The number of nitrogens with one attached hydrogen (secondary N) is 1. The van der Waals surface area contributed by atoms with Crippen LogP contribution in [0.25, 0.3) is 0 Å². The number of hydrogen-bond acceptors (Lipinski definition) is 3. The van der Waals surface area contributed by atoms with Gasteiger partial charge >= 0.3 is 12.0 Å². The van der Waals surface area contributed by atoms with Gasteiger partial charge in [-0.25, -0.2) is 4.79 Å². The number of aliphatic carboxylic acids is 1. The van der Waals surface area contributed by atoms with E-state index in [9.17, 15) is 14.7 Å². The van der Waals surface area contributed by atoms with Crippen molar-refractivity contribution in [3.63, 3.8) is 0 Å². The topological polar surface area (TPSA) is 72.9 Å². The molecule has 0 spiro atoms. The molecule has 1 aliphatic heterocycles. The summed E-state index contributed by atoms with van der Waals surface area (Å²) in [6.07, 6.45) is 6.46. The Morgan fingerprint density at radius 1 is 1.14 bits per heavy atom. The summed E-state index contributed by atoms with van der Waals surface area (Å²) in [4.78, 5) is 27.2. The summed E-state index contributed by atoms with van der Waals surface area (Å²) in [6.45, 7) is 4.40. The van der Waals surface area contributed by atoms with Crippen molar-refractivity contribution in [2.24, 2.45) is 0 Å². The van der Waals surface area contributed by atoms with Crippen molar-refractivity contribution in [3.8, 4) is 0 Å². The van der Waals surface area contributed by atoms with E-state index in [1.807, 2.05) is 16.7 Å². The van der Waals surface area contributed by atoms with Crippen LogP contribution in [-0.4, -0.2) is 65.2 Å². The van der Waals surface area contributed by atoms with E-state index in [4.69, 9.17) is 0 Å². The highest BCUT2D eigenvalue weighted by molar-refractivity contribution is 5.75. The first-order valence-electron chi connectivity index (χ1n) is 8.14. The summed E-state index contributed by atoms with van der Waals surface area (Å²) >= 11 is 0. The number of carbonyl (C=O) groups is 2. The first-order valence-corrected chi connectivity index (χ1v) is 8.14. The molecule has 0 bridgehead atoms. The number of carboxylic acids is 1. The average molecular weight is 297 g/mol. The van der Waals surface area contributed by atoms with E-state index < -0.39 is 12.0 Å². The minimum Gasteiger partial charge on any atom is -0.480 e. The van der Waals surface area contributed by atoms with Crippen molar-refractivity contribution in [2.45, 2.75) is 57.5 Å². The van der Waals surface area contributed by atoms with E-state index in [1.54, 1.807) is 0 Å². The second kappa shape index (κ2) is 7.64. The SMILES string of the molecule is CCC(C(=O)O)N1CCN(C(=O)NC2CCCCC2)CC1. The minimum absolute atomic E-state index is 0.0184. The predicted molar refractivity (Wildman–Crippen MR) is 80.3 cm³/mol. The second-order valence-electron chi connectivity index (χ2n) is 6.07. The Morgan fingerprint density at radius 2 is 1.76 bits per heavy atom. The van der Waals surface area contributed by atoms with Crippen molar-refractivity contribution in [3.05, 3.63) is 0 Å². The molecular weight excluding hydrogens is 270 g/mol. The lowest BCUT2D eigenvalue weighted by Gasteiger charge is -2.38. The minimum atomic E-state index is -0.766. The van der Waals surface area contributed by atoms with Crippen molar-refractivity contribution in [2.75, 3.05) is 26.2 Å². The summed E-state index contributed by atoms with van der Waals surface area (Å²) in [5.74, 6) is -0.766. The molecular formula is C15H27N3O3. The number of carboxylic acid groups (broad SMARTS) is 1. The van der Waals surface area contributed by atoms with Crippen LogP contribution in [0.2, 0.25) is 0 Å². The van der Waals surface area contributed by atoms with Gasteiger partial charge in [0.2, 0.25) is 0 Å². The van der Waals surface area contributed by atoms with Crippen LogP contribution in [-0.2, 0) is 4.79 Å². The van der Waals surface area contributed by atoms with E-state index in [2.05, 4.69) is 5.32 Å². The molecule has 1 heterocycles. The van der Waals surface area contributed by atoms with Crippen LogP contribution in [0.15, 0.2) is 0 Å². The van der Waals surface area contributed by atoms with E-state index >= 15 is 0 Å². The van der Waals surface area contributed by atoms with Crippen molar-refractivity contribution < 1.29 is 14.7 Å². The Labute approximate surface area is 126 Å². The van der Waals surface area contributed by atoms with Crippen LogP contribution < -0.4 is 5.32 Å². The number of amides is 2. The van der Waals surface area contributed by atoms with Crippen LogP contribution in [0.4, 0.5) is 4.79 Å². The van der Waals surface area contributed by atoms with Gasteiger partial charge in [-0.2, -0.15) is 0 Å². The van der Waals surface area contributed by atoms with Gasteiger partial charge in [0, 0.05) is 32.2 Å². The lowest BCUT2D eigenvalue weighted by atomic mass is 9.96.